The van der Waals surface area contributed by atoms with Gasteiger partial charge in [0.1, 0.15) is 10.7 Å². The molecule has 0 aliphatic carbocycles. The first kappa shape index (κ1) is 13.8. The van der Waals surface area contributed by atoms with Gasteiger partial charge in [-0.1, -0.05) is 40.3 Å². The van der Waals surface area contributed by atoms with Crippen LogP contribution in [0.15, 0.2) is 46.9 Å². The topological polar surface area (TPSA) is 47.3 Å². The summed E-state index contributed by atoms with van der Waals surface area (Å²) in [4.78, 5) is 0.352. The van der Waals surface area contributed by atoms with Crippen molar-refractivity contribution in [3.8, 4) is 5.75 Å². The lowest BCUT2D eigenvalue weighted by Crippen LogP contribution is -2.12. The van der Waals surface area contributed by atoms with E-state index in [0.29, 0.717) is 4.99 Å². The van der Waals surface area contributed by atoms with E-state index in [-0.39, 0.29) is 0 Å². The smallest absolute Gasteiger partial charge is 0.142 e. The zero-order chi connectivity index (χ0) is 13.8. The molecule has 98 valence electrons. The van der Waals surface area contributed by atoms with E-state index in [1.165, 1.54) is 0 Å². The van der Waals surface area contributed by atoms with E-state index < -0.39 is 0 Å². The van der Waals surface area contributed by atoms with Gasteiger partial charge in [0.2, 0.25) is 0 Å². The zero-order valence-corrected chi connectivity index (χ0v) is 12.7. The molecule has 19 heavy (non-hydrogen) atoms. The summed E-state index contributed by atoms with van der Waals surface area (Å²) in [5.74, 6) is 0.761. The second-order valence-corrected chi connectivity index (χ2v) is 5.23. The second-order valence-electron chi connectivity index (χ2n) is 3.88. The minimum absolute atomic E-state index is 0.352. The summed E-state index contributed by atoms with van der Waals surface area (Å²) in [6.07, 6.45) is 0. The van der Waals surface area contributed by atoms with Gasteiger partial charge in [0.05, 0.1) is 12.8 Å². The first-order valence-corrected chi connectivity index (χ1v) is 6.81. The summed E-state index contributed by atoms with van der Waals surface area (Å²) in [7, 11) is 1.63. The Kier molecular flexibility index (Phi) is 4.39. The van der Waals surface area contributed by atoms with E-state index in [2.05, 4.69) is 21.2 Å². The van der Waals surface area contributed by atoms with Crippen LogP contribution in [0.1, 0.15) is 5.56 Å². The van der Waals surface area contributed by atoms with E-state index in [9.17, 15) is 0 Å². The molecule has 0 spiro atoms. The van der Waals surface area contributed by atoms with Gasteiger partial charge in [0.15, 0.2) is 0 Å². The van der Waals surface area contributed by atoms with Crippen LogP contribution in [0.5, 0.6) is 5.75 Å². The molecule has 0 atom stereocenters. The van der Waals surface area contributed by atoms with Crippen LogP contribution in [-0.2, 0) is 0 Å². The predicted molar refractivity (Wildman–Crippen MR) is 86.3 cm³/mol. The van der Waals surface area contributed by atoms with E-state index in [0.717, 1.165) is 27.2 Å². The van der Waals surface area contributed by atoms with Gasteiger partial charge in [0, 0.05) is 15.7 Å². The molecule has 0 unspecified atom stereocenters. The van der Waals surface area contributed by atoms with Crippen LogP contribution in [0.2, 0.25) is 0 Å². The van der Waals surface area contributed by atoms with Gasteiger partial charge < -0.3 is 15.8 Å². The number of hydrogen-bond donors (Lipinski definition) is 2. The lowest BCUT2D eigenvalue weighted by atomic mass is 10.1. The van der Waals surface area contributed by atoms with Crippen LogP contribution >= 0.6 is 28.1 Å². The number of hydrogen-bond acceptors (Lipinski definition) is 3. The number of halogens is 1. The highest BCUT2D eigenvalue weighted by Gasteiger charge is 2.08. The average Bonchev–Trinajstić information content (AvgIpc) is 2.39. The Hall–Kier alpha value is -1.59. The molecule has 0 fully saturated rings. The Morgan fingerprint density at radius 1 is 1.21 bits per heavy atom. The van der Waals surface area contributed by atoms with Crippen molar-refractivity contribution in [3.05, 3.63) is 52.5 Å². The van der Waals surface area contributed by atoms with Crippen molar-refractivity contribution in [2.24, 2.45) is 5.73 Å². The number of thiocarbonyl (C=S) groups is 1. The standard InChI is InChI=1S/C14H13BrN2OS/c1-18-13-5-3-2-4-11(13)17-12-8-9(15)6-7-10(12)14(16)19/h2-8,17H,1H3,(H2,16,19). The predicted octanol–water partition coefficient (Wildman–Crippen LogP) is 3.84. The molecule has 2 aromatic carbocycles. The number of nitrogens with two attached hydrogens (primary N) is 1. The molecule has 5 heteroatoms. The van der Waals surface area contributed by atoms with E-state index in [4.69, 9.17) is 22.7 Å². The fraction of sp³-hybridized carbons (Fsp3) is 0.0714. The lowest BCUT2D eigenvalue weighted by Gasteiger charge is -2.14. The minimum Gasteiger partial charge on any atom is -0.495 e. The number of para-hydroxylation sites is 2. The summed E-state index contributed by atoms with van der Waals surface area (Å²) >= 11 is 8.50. The normalized spacial score (nSPS) is 10.0. The second kappa shape index (κ2) is 6.04. The summed E-state index contributed by atoms with van der Waals surface area (Å²) < 4.78 is 6.26. The maximum Gasteiger partial charge on any atom is 0.142 e. The number of anilines is 2. The van der Waals surface area contributed by atoms with Gasteiger partial charge >= 0.3 is 0 Å². The number of methoxy groups -OCH3 is 1. The first-order valence-electron chi connectivity index (χ1n) is 5.61. The van der Waals surface area contributed by atoms with Crippen LogP contribution < -0.4 is 15.8 Å². The van der Waals surface area contributed by atoms with Gasteiger partial charge in [-0.3, -0.25) is 0 Å². The molecule has 0 amide bonds. The molecule has 0 aliphatic rings. The number of ether oxygens (including phenoxy) is 1. The van der Waals surface area contributed by atoms with Crippen LogP contribution in [0.3, 0.4) is 0 Å². The first-order chi connectivity index (χ1) is 9.11. The third-order valence-electron chi connectivity index (χ3n) is 2.62. The zero-order valence-electron chi connectivity index (χ0n) is 10.3. The van der Waals surface area contributed by atoms with Gasteiger partial charge in [-0.25, -0.2) is 0 Å². The average molecular weight is 337 g/mol. The SMILES string of the molecule is COc1ccccc1Nc1cc(Br)ccc1C(N)=S. The fourth-order valence-corrected chi connectivity index (χ4v) is 2.27. The Morgan fingerprint density at radius 3 is 2.63 bits per heavy atom. The molecule has 3 N–H and O–H groups in total. The molecule has 0 saturated carbocycles. The van der Waals surface area contributed by atoms with Crippen molar-refractivity contribution in [1.82, 2.24) is 0 Å². The number of benzene rings is 2. The lowest BCUT2D eigenvalue weighted by molar-refractivity contribution is 0.417. The van der Waals surface area contributed by atoms with Gasteiger partial charge in [-0.05, 0) is 30.3 Å². The molecular formula is C14H13BrN2OS. The van der Waals surface area contributed by atoms with E-state index in [1.807, 2.05) is 42.5 Å². The van der Waals surface area contributed by atoms with Gasteiger partial charge in [0.25, 0.3) is 0 Å². The molecule has 0 aliphatic heterocycles. The molecule has 0 heterocycles. The molecule has 2 aromatic rings. The summed E-state index contributed by atoms with van der Waals surface area (Å²) in [5, 5.41) is 3.29. The van der Waals surface area contributed by atoms with Crippen molar-refractivity contribution < 1.29 is 4.74 Å². The van der Waals surface area contributed by atoms with Crippen molar-refractivity contribution in [2.45, 2.75) is 0 Å². The van der Waals surface area contributed by atoms with Crippen LogP contribution in [0, 0.1) is 0 Å². The molecule has 0 radical (unpaired) electrons. The number of nitrogens with one attached hydrogen (secondary N) is 1. The Bertz CT molecular complexity index is 616. The van der Waals surface area contributed by atoms with E-state index in [1.54, 1.807) is 7.11 Å². The monoisotopic (exact) mass is 336 g/mol. The maximum absolute atomic E-state index is 5.73. The Morgan fingerprint density at radius 2 is 1.95 bits per heavy atom. The Labute approximate surface area is 125 Å². The van der Waals surface area contributed by atoms with E-state index >= 15 is 0 Å². The minimum atomic E-state index is 0.352. The van der Waals surface area contributed by atoms with Crippen molar-refractivity contribution in [3.63, 3.8) is 0 Å². The molecule has 0 aromatic heterocycles. The fourth-order valence-electron chi connectivity index (χ4n) is 1.73. The van der Waals surface area contributed by atoms with Crippen molar-refractivity contribution in [1.29, 1.82) is 0 Å². The summed E-state index contributed by atoms with van der Waals surface area (Å²) in [5.41, 5.74) is 8.23. The quantitative estimate of drug-likeness (QED) is 0.833. The van der Waals surface area contributed by atoms with Crippen molar-refractivity contribution >= 4 is 44.5 Å². The summed E-state index contributed by atoms with van der Waals surface area (Å²) in [6.45, 7) is 0. The summed E-state index contributed by atoms with van der Waals surface area (Å²) in [6, 6.07) is 13.4. The molecule has 2 rings (SSSR count). The van der Waals surface area contributed by atoms with Gasteiger partial charge in [-0.2, -0.15) is 0 Å². The third kappa shape index (κ3) is 3.24. The highest BCUT2D eigenvalue weighted by Crippen LogP contribution is 2.30. The molecule has 0 saturated heterocycles. The molecule has 0 bridgehead atoms. The maximum atomic E-state index is 5.73. The molecule has 3 nitrogen and oxygen atoms in total. The van der Waals surface area contributed by atoms with Gasteiger partial charge in [-0.15, -0.1) is 0 Å². The van der Waals surface area contributed by atoms with Crippen LogP contribution in [0.4, 0.5) is 11.4 Å². The molecular weight excluding hydrogens is 324 g/mol. The van der Waals surface area contributed by atoms with Crippen molar-refractivity contribution in [2.75, 3.05) is 12.4 Å². The third-order valence-corrected chi connectivity index (χ3v) is 3.34. The van der Waals surface area contributed by atoms with Crippen LogP contribution in [0.25, 0.3) is 0 Å². The number of rotatable bonds is 4. The highest BCUT2D eigenvalue weighted by atomic mass is 79.9. The highest BCUT2D eigenvalue weighted by molar-refractivity contribution is 9.10. The van der Waals surface area contributed by atoms with Crippen LogP contribution in [-0.4, -0.2) is 12.1 Å². The largest absolute Gasteiger partial charge is 0.495 e. The Balaban J connectivity index is 2.42.